The lowest BCUT2D eigenvalue weighted by Crippen LogP contribution is -2.57. The Hall–Kier alpha value is -0.980. The molecule has 4 nitrogen and oxygen atoms in total. The molecule has 1 aliphatic rings. The summed E-state index contributed by atoms with van der Waals surface area (Å²) in [5.41, 5.74) is 0. The number of sulfonamides is 1. The Morgan fingerprint density at radius 2 is 1.67 bits per heavy atom. The molecule has 1 N–H and O–H groups in total. The van der Waals surface area contributed by atoms with Crippen LogP contribution in [0.15, 0.2) is 29.2 Å². The van der Waals surface area contributed by atoms with E-state index in [1.165, 1.54) is 28.6 Å². The van der Waals surface area contributed by atoms with Crippen molar-refractivity contribution >= 4 is 10.0 Å². The van der Waals surface area contributed by atoms with Crippen molar-refractivity contribution < 1.29 is 12.8 Å². The molecule has 1 fully saturated rings. The largest absolute Gasteiger partial charge is 0.314 e. The van der Waals surface area contributed by atoms with Gasteiger partial charge in [-0.2, -0.15) is 4.31 Å². The van der Waals surface area contributed by atoms with Gasteiger partial charge in [-0.25, -0.2) is 12.8 Å². The second-order valence-electron chi connectivity index (χ2n) is 4.65. The Morgan fingerprint density at radius 3 is 2.17 bits per heavy atom. The van der Waals surface area contributed by atoms with Crippen LogP contribution in [0.1, 0.15) is 13.8 Å². The van der Waals surface area contributed by atoms with Crippen LogP contribution in [-0.4, -0.2) is 37.9 Å². The predicted molar refractivity (Wildman–Crippen MR) is 67.2 cm³/mol. The first-order valence-electron chi connectivity index (χ1n) is 5.93. The topological polar surface area (TPSA) is 49.4 Å². The quantitative estimate of drug-likeness (QED) is 0.880. The van der Waals surface area contributed by atoms with Crippen molar-refractivity contribution in [2.24, 2.45) is 0 Å². The first-order chi connectivity index (χ1) is 8.43. The summed E-state index contributed by atoms with van der Waals surface area (Å²) in [6, 6.07) is 4.75. The van der Waals surface area contributed by atoms with E-state index in [4.69, 9.17) is 0 Å². The van der Waals surface area contributed by atoms with Gasteiger partial charge in [0.25, 0.3) is 0 Å². The summed E-state index contributed by atoms with van der Waals surface area (Å²) in [7, 11) is -3.55. The fourth-order valence-corrected chi connectivity index (χ4v) is 4.14. The van der Waals surface area contributed by atoms with Gasteiger partial charge in [0.2, 0.25) is 10.0 Å². The lowest BCUT2D eigenvalue weighted by atomic mass is 10.2. The van der Waals surface area contributed by atoms with Crippen molar-refractivity contribution in [2.75, 3.05) is 13.1 Å². The van der Waals surface area contributed by atoms with E-state index in [9.17, 15) is 12.8 Å². The number of rotatable bonds is 2. The normalized spacial score (nSPS) is 26.2. The third-order valence-electron chi connectivity index (χ3n) is 3.14. The minimum absolute atomic E-state index is 0.108. The SMILES string of the molecule is CC1CNCC(C)N1S(=O)(=O)c1ccc(F)cc1. The lowest BCUT2D eigenvalue weighted by Gasteiger charge is -2.38. The summed E-state index contributed by atoms with van der Waals surface area (Å²) in [5.74, 6) is -0.435. The molecular weight excluding hydrogens is 255 g/mol. The van der Waals surface area contributed by atoms with Crippen LogP contribution in [0.2, 0.25) is 0 Å². The highest BCUT2D eigenvalue weighted by Crippen LogP contribution is 2.22. The average Bonchev–Trinajstić information content (AvgIpc) is 2.29. The fourth-order valence-electron chi connectivity index (χ4n) is 2.32. The zero-order chi connectivity index (χ0) is 13.3. The molecule has 0 spiro atoms. The minimum atomic E-state index is -3.55. The maximum absolute atomic E-state index is 12.9. The third kappa shape index (κ3) is 2.41. The van der Waals surface area contributed by atoms with Gasteiger partial charge >= 0.3 is 0 Å². The van der Waals surface area contributed by atoms with E-state index in [0.29, 0.717) is 13.1 Å². The second-order valence-corrected chi connectivity index (χ2v) is 6.49. The first-order valence-corrected chi connectivity index (χ1v) is 7.37. The van der Waals surface area contributed by atoms with Gasteiger partial charge in [-0.1, -0.05) is 0 Å². The van der Waals surface area contributed by atoms with Crippen LogP contribution in [0.5, 0.6) is 0 Å². The Bertz CT molecular complexity index is 505. The van der Waals surface area contributed by atoms with E-state index in [0.717, 1.165) is 0 Å². The number of benzene rings is 1. The van der Waals surface area contributed by atoms with Crippen LogP contribution >= 0.6 is 0 Å². The summed E-state index contributed by atoms with van der Waals surface area (Å²) in [6.07, 6.45) is 0. The molecule has 2 rings (SSSR count). The molecule has 1 heterocycles. The van der Waals surface area contributed by atoms with E-state index in [1.54, 1.807) is 0 Å². The molecule has 0 saturated carbocycles. The van der Waals surface area contributed by atoms with Crippen LogP contribution in [-0.2, 0) is 10.0 Å². The van der Waals surface area contributed by atoms with E-state index in [2.05, 4.69) is 5.32 Å². The fraction of sp³-hybridized carbons (Fsp3) is 0.500. The molecule has 0 bridgehead atoms. The Kier molecular flexibility index (Phi) is 3.70. The molecule has 1 aromatic rings. The zero-order valence-electron chi connectivity index (χ0n) is 10.4. The highest BCUT2D eigenvalue weighted by atomic mass is 32.2. The Morgan fingerprint density at radius 1 is 1.17 bits per heavy atom. The van der Waals surface area contributed by atoms with Gasteiger partial charge in [-0.05, 0) is 38.1 Å². The highest BCUT2D eigenvalue weighted by molar-refractivity contribution is 7.89. The zero-order valence-corrected chi connectivity index (χ0v) is 11.2. The molecule has 0 aliphatic carbocycles. The number of nitrogens with zero attached hydrogens (tertiary/aromatic N) is 1. The average molecular weight is 272 g/mol. The van der Waals surface area contributed by atoms with Gasteiger partial charge in [0, 0.05) is 25.2 Å². The molecular formula is C12H17FN2O2S. The molecule has 1 aromatic carbocycles. The number of piperazine rings is 1. The Labute approximate surface area is 107 Å². The monoisotopic (exact) mass is 272 g/mol. The predicted octanol–water partition coefficient (Wildman–Crippen LogP) is 1.20. The molecule has 0 radical (unpaired) electrons. The van der Waals surface area contributed by atoms with E-state index < -0.39 is 15.8 Å². The highest BCUT2D eigenvalue weighted by Gasteiger charge is 2.35. The molecule has 6 heteroatoms. The van der Waals surface area contributed by atoms with Crippen molar-refractivity contribution in [3.05, 3.63) is 30.1 Å². The smallest absolute Gasteiger partial charge is 0.243 e. The van der Waals surface area contributed by atoms with E-state index in [1.807, 2.05) is 13.8 Å². The minimum Gasteiger partial charge on any atom is -0.314 e. The number of nitrogens with one attached hydrogen (secondary N) is 1. The molecule has 100 valence electrons. The molecule has 0 amide bonds. The number of halogens is 1. The number of hydrogen-bond acceptors (Lipinski definition) is 3. The molecule has 1 saturated heterocycles. The van der Waals surface area contributed by atoms with Crippen LogP contribution in [0.3, 0.4) is 0 Å². The van der Waals surface area contributed by atoms with Crippen molar-refractivity contribution in [1.29, 1.82) is 0 Å². The maximum atomic E-state index is 12.9. The maximum Gasteiger partial charge on any atom is 0.243 e. The van der Waals surface area contributed by atoms with Crippen LogP contribution < -0.4 is 5.32 Å². The molecule has 2 atom stereocenters. The summed E-state index contributed by atoms with van der Waals surface area (Å²) in [4.78, 5) is 0.143. The lowest BCUT2D eigenvalue weighted by molar-refractivity contribution is 0.220. The van der Waals surface area contributed by atoms with Gasteiger partial charge in [-0.15, -0.1) is 0 Å². The van der Waals surface area contributed by atoms with Gasteiger partial charge in [0.05, 0.1) is 4.90 Å². The van der Waals surface area contributed by atoms with Crippen LogP contribution in [0, 0.1) is 5.82 Å². The van der Waals surface area contributed by atoms with Crippen molar-refractivity contribution in [3.63, 3.8) is 0 Å². The van der Waals surface area contributed by atoms with Gasteiger partial charge in [0.15, 0.2) is 0 Å². The van der Waals surface area contributed by atoms with Crippen molar-refractivity contribution in [3.8, 4) is 0 Å². The van der Waals surface area contributed by atoms with Crippen molar-refractivity contribution in [1.82, 2.24) is 9.62 Å². The first kappa shape index (κ1) is 13.5. The van der Waals surface area contributed by atoms with Gasteiger partial charge < -0.3 is 5.32 Å². The van der Waals surface area contributed by atoms with E-state index in [-0.39, 0.29) is 17.0 Å². The van der Waals surface area contributed by atoms with Gasteiger partial charge in [0.1, 0.15) is 5.82 Å². The van der Waals surface area contributed by atoms with Gasteiger partial charge in [-0.3, -0.25) is 0 Å². The second kappa shape index (κ2) is 4.95. The van der Waals surface area contributed by atoms with Crippen LogP contribution in [0.4, 0.5) is 4.39 Å². The molecule has 0 aromatic heterocycles. The number of hydrogen-bond donors (Lipinski definition) is 1. The standard InChI is InChI=1S/C12H17FN2O2S/c1-9-7-14-8-10(2)15(9)18(16,17)12-5-3-11(13)4-6-12/h3-6,9-10,14H,7-8H2,1-2H3. The summed E-state index contributed by atoms with van der Waals surface area (Å²) < 4.78 is 39.3. The third-order valence-corrected chi connectivity index (χ3v) is 5.28. The summed E-state index contributed by atoms with van der Waals surface area (Å²) >= 11 is 0. The summed E-state index contributed by atoms with van der Waals surface area (Å²) in [5, 5.41) is 3.18. The Balaban J connectivity index is 2.38. The summed E-state index contributed by atoms with van der Waals surface area (Å²) in [6.45, 7) is 4.99. The molecule has 1 aliphatic heterocycles. The molecule has 2 unspecified atom stereocenters. The molecule has 18 heavy (non-hydrogen) atoms. The van der Waals surface area contributed by atoms with Crippen molar-refractivity contribution in [2.45, 2.75) is 30.8 Å². The van der Waals surface area contributed by atoms with Crippen LogP contribution in [0.25, 0.3) is 0 Å². The van der Waals surface area contributed by atoms with E-state index >= 15 is 0 Å².